The van der Waals surface area contributed by atoms with E-state index in [4.69, 9.17) is 24.9 Å². The molecule has 5 heteroatoms. The summed E-state index contributed by atoms with van der Waals surface area (Å²) in [6.07, 6.45) is 0. The van der Waals surface area contributed by atoms with Crippen molar-refractivity contribution >= 4 is 5.88 Å². The second-order valence-electron chi connectivity index (χ2n) is 3.57. The lowest BCUT2D eigenvalue weighted by Gasteiger charge is -2.08. The van der Waals surface area contributed by atoms with Crippen molar-refractivity contribution in [1.29, 1.82) is 5.26 Å². The number of methoxy groups -OCH3 is 2. The summed E-state index contributed by atoms with van der Waals surface area (Å²) >= 11 is 0. The molecule has 0 atom stereocenters. The quantitative estimate of drug-likeness (QED) is 0.896. The monoisotopic (exact) mass is 244 g/mol. The van der Waals surface area contributed by atoms with Crippen molar-refractivity contribution in [2.75, 3.05) is 20.0 Å². The Morgan fingerprint density at radius 3 is 2.44 bits per heavy atom. The predicted molar refractivity (Wildman–Crippen MR) is 66.4 cm³/mol. The van der Waals surface area contributed by atoms with Gasteiger partial charge in [-0.1, -0.05) is 0 Å². The zero-order chi connectivity index (χ0) is 13.1. The van der Waals surface area contributed by atoms with Crippen LogP contribution < -0.4 is 15.2 Å². The molecule has 0 bridgehead atoms. The van der Waals surface area contributed by atoms with Crippen LogP contribution in [0.2, 0.25) is 0 Å². The zero-order valence-electron chi connectivity index (χ0n) is 10.1. The number of rotatable bonds is 3. The first-order valence-corrected chi connectivity index (χ1v) is 5.21. The van der Waals surface area contributed by atoms with Crippen molar-refractivity contribution in [3.05, 3.63) is 29.8 Å². The van der Waals surface area contributed by atoms with Crippen LogP contribution in [-0.2, 0) is 0 Å². The highest BCUT2D eigenvalue weighted by atomic mass is 16.5. The van der Waals surface area contributed by atoms with Crippen LogP contribution in [0.25, 0.3) is 11.3 Å². The predicted octanol–water partition coefficient (Wildman–Crippen LogP) is 2.42. The van der Waals surface area contributed by atoms with Gasteiger partial charge in [0.25, 0.3) is 0 Å². The highest BCUT2D eigenvalue weighted by molar-refractivity contribution is 5.67. The maximum absolute atomic E-state index is 8.83. The fourth-order valence-corrected chi connectivity index (χ4v) is 1.62. The van der Waals surface area contributed by atoms with Crippen molar-refractivity contribution in [2.24, 2.45) is 0 Å². The number of nitrogens with two attached hydrogens (primary N) is 1. The molecule has 0 radical (unpaired) electrons. The van der Waals surface area contributed by atoms with E-state index in [1.165, 1.54) is 0 Å². The Hall–Kier alpha value is -2.61. The van der Waals surface area contributed by atoms with Crippen LogP contribution in [0.4, 0.5) is 5.88 Å². The molecule has 1 aromatic heterocycles. The van der Waals surface area contributed by atoms with Gasteiger partial charge in [0.2, 0.25) is 5.88 Å². The first-order valence-electron chi connectivity index (χ1n) is 5.21. The van der Waals surface area contributed by atoms with E-state index in [2.05, 4.69) is 0 Å². The van der Waals surface area contributed by atoms with E-state index in [1.807, 2.05) is 6.07 Å². The molecule has 1 aromatic carbocycles. The number of nitriles is 1. The Labute approximate surface area is 104 Å². The third-order valence-electron chi connectivity index (χ3n) is 2.55. The van der Waals surface area contributed by atoms with Gasteiger partial charge in [-0.3, -0.25) is 0 Å². The van der Waals surface area contributed by atoms with Gasteiger partial charge in [0.1, 0.15) is 17.4 Å². The van der Waals surface area contributed by atoms with Crippen molar-refractivity contribution in [3.63, 3.8) is 0 Å². The van der Waals surface area contributed by atoms with E-state index in [-0.39, 0.29) is 5.88 Å². The Balaban J connectivity index is 2.48. The molecule has 2 rings (SSSR count). The third kappa shape index (κ3) is 1.96. The van der Waals surface area contributed by atoms with Crippen molar-refractivity contribution in [2.45, 2.75) is 0 Å². The fourth-order valence-electron chi connectivity index (χ4n) is 1.62. The maximum atomic E-state index is 8.83. The number of anilines is 1. The summed E-state index contributed by atoms with van der Waals surface area (Å²) < 4.78 is 15.7. The van der Waals surface area contributed by atoms with Crippen LogP contribution in [0.3, 0.4) is 0 Å². The minimum atomic E-state index is 0.113. The molecular formula is C13H12N2O3. The van der Waals surface area contributed by atoms with Gasteiger partial charge in [0.05, 0.1) is 14.2 Å². The summed E-state index contributed by atoms with van der Waals surface area (Å²) in [6.45, 7) is 0. The molecule has 5 nitrogen and oxygen atoms in total. The fraction of sp³-hybridized carbons (Fsp3) is 0.154. The van der Waals surface area contributed by atoms with E-state index >= 15 is 0 Å². The van der Waals surface area contributed by atoms with E-state index in [0.717, 1.165) is 5.56 Å². The molecule has 0 aliphatic heterocycles. The van der Waals surface area contributed by atoms with Crippen molar-refractivity contribution < 1.29 is 13.9 Å². The van der Waals surface area contributed by atoms with E-state index < -0.39 is 0 Å². The van der Waals surface area contributed by atoms with E-state index in [0.29, 0.717) is 22.8 Å². The summed E-state index contributed by atoms with van der Waals surface area (Å²) in [5, 5.41) is 8.83. The number of benzene rings is 1. The second-order valence-corrected chi connectivity index (χ2v) is 3.57. The van der Waals surface area contributed by atoms with Crippen molar-refractivity contribution in [3.8, 4) is 28.9 Å². The lowest BCUT2D eigenvalue weighted by molar-refractivity contribution is 0.355. The molecule has 0 aliphatic carbocycles. The van der Waals surface area contributed by atoms with Crippen LogP contribution in [0.1, 0.15) is 5.56 Å². The first kappa shape index (κ1) is 11.9. The molecule has 0 fully saturated rings. The van der Waals surface area contributed by atoms with Gasteiger partial charge in [-0.25, -0.2) is 0 Å². The van der Waals surface area contributed by atoms with Crippen LogP contribution in [0.5, 0.6) is 11.5 Å². The minimum Gasteiger partial charge on any atom is -0.493 e. The molecule has 2 aromatic rings. The summed E-state index contributed by atoms with van der Waals surface area (Å²) in [6, 6.07) is 8.89. The van der Waals surface area contributed by atoms with Crippen LogP contribution in [0, 0.1) is 11.3 Å². The Kier molecular flexibility index (Phi) is 3.11. The summed E-state index contributed by atoms with van der Waals surface area (Å²) in [5.74, 6) is 1.84. The molecule has 0 amide bonds. The Bertz CT molecular complexity index is 611. The van der Waals surface area contributed by atoms with E-state index in [1.54, 1.807) is 38.5 Å². The average molecular weight is 244 g/mol. The Morgan fingerprint density at radius 1 is 1.17 bits per heavy atom. The molecule has 0 saturated heterocycles. The first-order chi connectivity index (χ1) is 8.69. The number of hydrogen-bond donors (Lipinski definition) is 1. The van der Waals surface area contributed by atoms with E-state index in [9.17, 15) is 0 Å². The summed E-state index contributed by atoms with van der Waals surface area (Å²) in [4.78, 5) is 0. The normalized spacial score (nSPS) is 9.83. The zero-order valence-corrected chi connectivity index (χ0v) is 10.1. The van der Waals surface area contributed by atoms with Gasteiger partial charge in [-0.15, -0.1) is 0 Å². The number of nitrogens with zero attached hydrogens (tertiary/aromatic N) is 1. The topological polar surface area (TPSA) is 81.4 Å². The lowest BCUT2D eigenvalue weighted by Crippen LogP contribution is -1.90. The number of nitrogen functional groups attached to an aromatic ring is 1. The van der Waals surface area contributed by atoms with Crippen LogP contribution >= 0.6 is 0 Å². The molecule has 1 heterocycles. The maximum Gasteiger partial charge on any atom is 0.208 e. The molecule has 2 N–H and O–H groups in total. The molecule has 92 valence electrons. The molecule has 18 heavy (non-hydrogen) atoms. The number of hydrogen-bond acceptors (Lipinski definition) is 5. The summed E-state index contributed by atoms with van der Waals surface area (Å²) in [5.41, 5.74) is 6.65. The van der Waals surface area contributed by atoms with Gasteiger partial charge >= 0.3 is 0 Å². The van der Waals surface area contributed by atoms with Crippen LogP contribution in [-0.4, -0.2) is 14.2 Å². The molecular weight excluding hydrogens is 232 g/mol. The molecule has 0 spiro atoms. The van der Waals surface area contributed by atoms with Gasteiger partial charge in [-0.2, -0.15) is 5.26 Å². The van der Waals surface area contributed by atoms with Gasteiger partial charge in [0, 0.05) is 11.6 Å². The van der Waals surface area contributed by atoms with Crippen LogP contribution in [0.15, 0.2) is 28.7 Å². The third-order valence-corrected chi connectivity index (χ3v) is 2.55. The largest absolute Gasteiger partial charge is 0.493 e. The highest BCUT2D eigenvalue weighted by Gasteiger charge is 2.12. The number of furan rings is 1. The lowest BCUT2D eigenvalue weighted by atomic mass is 10.1. The molecule has 0 aliphatic rings. The Morgan fingerprint density at radius 2 is 1.89 bits per heavy atom. The minimum absolute atomic E-state index is 0.113. The number of ether oxygens (including phenoxy) is 2. The van der Waals surface area contributed by atoms with Crippen molar-refractivity contribution in [1.82, 2.24) is 0 Å². The standard InChI is InChI=1S/C13H12N2O3/c1-16-10-4-3-8(5-12(10)17-2)11-6-9(7-14)13(15)18-11/h3-6H,15H2,1-2H3. The summed E-state index contributed by atoms with van der Waals surface area (Å²) in [7, 11) is 3.12. The highest BCUT2D eigenvalue weighted by Crippen LogP contribution is 2.34. The smallest absolute Gasteiger partial charge is 0.208 e. The SMILES string of the molecule is COc1ccc(-c2cc(C#N)c(N)o2)cc1OC. The molecule has 0 unspecified atom stereocenters. The van der Waals surface area contributed by atoms with Gasteiger partial charge < -0.3 is 19.6 Å². The average Bonchev–Trinajstić information content (AvgIpc) is 2.79. The van der Waals surface area contributed by atoms with Gasteiger partial charge in [-0.05, 0) is 18.2 Å². The van der Waals surface area contributed by atoms with Gasteiger partial charge in [0.15, 0.2) is 11.5 Å². The second kappa shape index (κ2) is 4.72. The molecule has 0 saturated carbocycles.